The highest BCUT2D eigenvalue weighted by Gasteiger charge is 2.31. The highest BCUT2D eigenvalue weighted by atomic mass is 16.5. The van der Waals surface area contributed by atoms with Gasteiger partial charge in [-0.3, -0.25) is 14.2 Å². The van der Waals surface area contributed by atoms with E-state index in [9.17, 15) is 20.0 Å². The Morgan fingerprint density at radius 3 is 2.09 bits per heavy atom. The number of nitriles is 1. The molecular weight excluding hydrogens is 416 g/mol. The zero-order valence-corrected chi connectivity index (χ0v) is 19.1. The molecule has 0 spiro atoms. The Bertz CT molecular complexity index is 1170. The van der Waals surface area contributed by atoms with E-state index in [2.05, 4.69) is 0 Å². The molecule has 6 heteroatoms. The number of carbonyl (C=O) groups is 1. The molecule has 0 atom stereocenters. The predicted octanol–water partition coefficient (Wildman–Crippen LogP) is 4.56. The third kappa shape index (κ3) is 5.21. The van der Waals surface area contributed by atoms with E-state index in [0.717, 1.165) is 15.7 Å². The van der Waals surface area contributed by atoms with Crippen LogP contribution < -0.4 is 5.56 Å². The Kier molecular flexibility index (Phi) is 7.81. The van der Waals surface area contributed by atoms with E-state index in [1.54, 1.807) is 0 Å². The van der Waals surface area contributed by atoms with E-state index in [0.29, 0.717) is 13.0 Å². The van der Waals surface area contributed by atoms with Gasteiger partial charge in [0.15, 0.2) is 5.78 Å². The van der Waals surface area contributed by atoms with E-state index in [4.69, 9.17) is 4.74 Å². The predicted molar refractivity (Wildman–Crippen MR) is 127 cm³/mol. The molecule has 1 N–H and O–H groups in total. The average Bonchev–Trinajstić information content (AvgIpc) is 2.80. The summed E-state index contributed by atoms with van der Waals surface area (Å²) in [6, 6.07) is 20.5. The largest absolute Gasteiger partial charge is 0.494 e. The first kappa shape index (κ1) is 24.0. The average molecular weight is 445 g/mol. The summed E-state index contributed by atoms with van der Waals surface area (Å²) in [4.78, 5) is 26.8. The molecular formula is C27H28N2O4. The summed E-state index contributed by atoms with van der Waals surface area (Å²) in [7, 11) is 0. The van der Waals surface area contributed by atoms with Crippen molar-refractivity contribution in [1.29, 1.82) is 5.26 Å². The van der Waals surface area contributed by atoms with Gasteiger partial charge in [-0.2, -0.15) is 5.26 Å². The second kappa shape index (κ2) is 10.8. The van der Waals surface area contributed by atoms with Crippen LogP contribution in [0.3, 0.4) is 0 Å². The van der Waals surface area contributed by atoms with Gasteiger partial charge in [0.05, 0.1) is 17.6 Å². The number of hydrogen-bond donors (Lipinski definition) is 1. The quantitative estimate of drug-likeness (QED) is 0.386. The first-order chi connectivity index (χ1) is 15.9. The molecule has 0 amide bonds. The van der Waals surface area contributed by atoms with Crippen molar-refractivity contribution in [3.05, 3.63) is 98.8 Å². The lowest BCUT2D eigenvalue weighted by atomic mass is 9.83. The summed E-state index contributed by atoms with van der Waals surface area (Å²) in [6.07, 6.45) is 0.492. The summed E-state index contributed by atoms with van der Waals surface area (Å²) in [5.74, 6) is -1.48. The highest BCUT2D eigenvalue weighted by molar-refractivity contribution is 6.06. The second-order valence-electron chi connectivity index (χ2n) is 8.16. The van der Waals surface area contributed by atoms with Gasteiger partial charge < -0.3 is 9.84 Å². The topological polar surface area (TPSA) is 92.3 Å². The lowest BCUT2D eigenvalue weighted by Crippen LogP contribution is -2.28. The molecule has 0 saturated carbocycles. The van der Waals surface area contributed by atoms with Crippen LogP contribution in [0.15, 0.2) is 65.5 Å². The van der Waals surface area contributed by atoms with Crippen LogP contribution in [0.4, 0.5) is 0 Å². The van der Waals surface area contributed by atoms with Crippen LogP contribution in [0.25, 0.3) is 0 Å². The van der Waals surface area contributed by atoms with Gasteiger partial charge in [-0.25, -0.2) is 0 Å². The SMILES string of the molecule is Cc1c(C(=O)C(c2ccccc2)c2ccccc2)c(O)n(CCCOC(C)C)c(=O)c1C#N. The second-order valence-corrected chi connectivity index (χ2v) is 8.16. The van der Waals surface area contributed by atoms with Gasteiger partial charge in [0, 0.05) is 13.2 Å². The Hall–Kier alpha value is -3.69. The number of hydrogen-bond acceptors (Lipinski definition) is 5. The molecule has 0 saturated heterocycles. The summed E-state index contributed by atoms with van der Waals surface area (Å²) in [5.41, 5.74) is 0.957. The number of aromatic nitrogens is 1. The molecule has 0 aliphatic carbocycles. The van der Waals surface area contributed by atoms with Gasteiger partial charge in [-0.05, 0) is 43.9 Å². The number of rotatable bonds is 9. The van der Waals surface area contributed by atoms with E-state index in [1.165, 1.54) is 6.92 Å². The minimum atomic E-state index is -0.696. The van der Waals surface area contributed by atoms with Crippen LogP contribution in [-0.2, 0) is 11.3 Å². The van der Waals surface area contributed by atoms with E-state index < -0.39 is 17.4 Å². The van der Waals surface area contributed by atoms with Crippen molar-refractivity contribution in [2.45, 2.75) is 45.8 Å². The summed E-state index contributed by atoms with van der Waals surface area (Å²) >= 11 is 0. The molecule has 0 bridgehead atoms. The Balaban J connectivity index is 2.13. The fourth-order valence-electron chi connectivity index (χ4n) is 3.93. The third-order valence-electron chi connectivity index (χ3n) is 5.55. The van der Waals surface area contributed by atoms with Crippen molar-refractivity contribution in [3.8, 4) is 11.9 Å². The first-order valence-corrected chi connectivity index (χ1v) is 11.0. The van der Waals surface area contributed by atoms with E-state index in [-0.39, 0.29) is 35.1 Å². The third-order valence-corrected chi connectivity index (χ3v) is 5.55. The Labute approximate surface area is 193 Å². The number of Topliss-reactive ketones (excluding diaryl/α,β-unsaturated/α-hetero) is 1. The molecule has 33 heavy (non-hydrogen) atoms. The van der Waals surface area contributed by atoms with Gasteiger partial charge in [0.25, 0.3) is 5.56 Å². The number of aromatic hydroxyl groups is 1. The molecule has 6 nitrogen and oxygen atoms in total. The van der Waals surface area contributed by atoms with Crippen molar-refractivity contribution in [1.82, 2.24) is 4.57 Å². The van der Waals surface area contributed by atoms with Crippen LogP contribution in [0.2, 0.25) is 0 Å². The minimum Gasteiger partial charge on any atom is -0.494 e. The van der Waals surface area contributed by atoms with Crippen LogP contribution in [0.1, 0.15) is 58.8 Å². The maximum absolute atomic E-state index is 13.9. The number of benzene rings is 2. The summed E-state index contributed by atoms with van der Waals surface area (Å²) in [5, 5.41) is 20.7. The molecule has 0 aliphatic rings. The zero-order chi connectivity index (χ0) is 24.0. The first-order valence-electron chi connectivity index (χ1n) is 11.0. The molecule has 3 rings (SSSR count). The summed E-state index contributed by atoms with van der Waals surface area (Å²) < 4.78 is 6.63. The molecule has 2 aromatic carbocycles. The van der Waals surface area contributed by atoms with Crippen LogP contribution in [0.5, 0.6) is 5.88 Å². The monoisotopic (exact) mass is 444 g/mol. The van der Waals surface area contributed by atoms with Gasteiger partial charge in [-0.15, -0.1) is 0 Å². The smallest absolute Gasteiger partial charge is 0.271 e. The molecule has 0 aliphatic heterocycles. The number of ketones is 1. The number of pyridine rings is 1. The molecule has 0 fully saturated rings. The van der Waals surface area contributed by atoms with Crippen molar-refractivity contribution in [2.24, 2.45) is 0 Å². The van der Waals surface area contributed by atoms with Crippen molar-refractivity contribution < 1.29 is 14.6 Å². The molecule has 170 valence electrons. The van der Waals surface area contributed by atoms with Gasteiger partial charge in [0.1, 0.15) is 11.6 Å². The highest BCUT2D eigenvalue weighted by Crippen LogP contribution is 2.33. The van der Waals surface area contributed by atoms with Crippen LogP contribution >= 0.6 is 0 Å². The maximum atomic E-state index is 13.9. The van der Waals surface area contributed by atoms with Gasteiger partial charge in [-0.1, -0.05) is 60.7 Å². The number of nitrogens with zero attached hydrogens (tertiary/aromatic N) is 2. The standard InChI is InChI=1S/C27H28N2O4/c1-18(2)33-16-10-15-29-26(31)22(17-28)19(3)23(27(29)32)25(30)24(20-11-6-4-7-12-20)21-13-8-5-9-14-21/h4-9,11-14,18,24,32H,10,15-16H2,1-3H3. The molecule has 0 unspecified atom stereocenters. The lowest BCUT2D eigenvalue weighted by Gasteiger charge is -2.21. The van der Waals surface area contributed by atoms with E-state index in [1.807, 2.05) is 80.6 Å². The van der Waals surface area contributed by atoms with Crippen LogP contribution in [0, 0.1) is 18.3 Å². The van der Waals surface area contributed by atoms with Crippen molar-refractivity contribution in [2.75, 3.05) is 6.61 Å². The maximum Gasteiger partial charge on any atom is 0.271 e. The van der Waals surface area contributed by atoms with Gasteiger partial charge >= 0.3 is 0 Å². The van der Waals surface area contributed by atoms with Crippen molar-refractivity contribution >= 4 is 5.78 Å². The number of carbonyl (C=O) groups excluding carboxylic acids is 1. The van der Waals surface area contributed by atoms with Gasteiger partial charge in [0.2, 0.25) is 5.88 Å². The lowest BCUT2D eigenvalue weighted by molar-refractivity contribution is 0.0743. The molecule has 1 heterocycles. The normalized spacial score (nSPS) is 11.0. The number of ether oxygens (including phenoxy) is 1. The minimum absolute atomic E-state index is 0.00589. The van der Waals surface area contributed by atoms with E-state index >= 15 is 0 Å². The van der Waals surface area contributed by atoms with Crippen molar-refractivity contribution in [3.63, 3.8) is 0 Å². The Morgan fingerprint density at radius 1 is 1.06 bits per heavy atom. The Morgan fingerprint density at radius 2 is 1.61 bits per heavy atom. The molecule has 3 aromatic rings. The molecule has 1 aromatic heterocycles. The van der Waals surface area contributed by atoms with Crippen LogP contribution in [-0.4, -0.2) is 28.2 Å². The zero-order valence-electron chi connectivity index (χ0n) is 19.1. The summed E-state index contributed by atoms with van der Waals surface area (Å²) in [6.45, 7) is 5.88. The molecule has 0 radical (unpaired) electrons. The fourth-order valence-corrected chi connectivity index (χ4v) is 3.93. The fraction of sp³-hybridized carbons (Fsp3) is 0.296.